The highest BCUT2D eigenvalue weighted by Crippen LogP contribution is 2.22. The molecule has 0 saturated heterocycles. The van der Waals surface area contributed by atoms with Crippen LogP contribution in [-0.4, -0.2) is 0 Å². The van der Waals surface area contributed by atoms with Crippen LogP contribution in [0.3, 0.4) is 0 Å². The Labute approximate surface area is 89.9 Å². The summed E-state index contributed by atoms with van der Waals surface area (Å²) in [5.74, 6) is 0.715. The summed E-state index contributed by atoms with van der Waals surface area (Å²) in [6, 6.07) is 5.70. The molecule has 0 nitrogen and oxygen atoms in total. The molecule has 0 N–H and O–H groups in total. The summed E-state index contributed by atoms with van der Waals surface area (Å²) in [5, 5.41) is 1.49. The molecular weight excluding hydrogens is 203 g/mol. The van der Waals surface area contributed by atoms with Gasteiger partial charge in [0.1, 0.15) is 0 Å². The van der Waals surface area contributed by atoms with Crippen LogP contribution in [0.5, 0.6) is 0 Å². The van der Waals surface area contributed by atoms with Crippen LogP contribution in [0.4, 0.5) is 0 Å². The van der Waals surface area contributed by atoms with Gasteiger partial charge in [-0.25, -0.2) is 0 Å². The molecule has 13 heavy (non-hydrogen) atoms. The second kappa shape index (κ2) is 4.88. The molecule has 0 amide bonds. The molecule has 1 rings (SSSR count). The third kappa shape index (κ3) is 3.58. The highest BCUT2D eigenvalue weighted by atomic mass is 35.5. The van der Waals surface area contributed by atoms with Crippen molar-refractivity contribution in [2.45, 2.75) is 26.7 Å². The fourth-order valence-electron chi connectivity index (χ4n) is 1.17. The van der Waals surface area contributed by atoms with Gasteiger partial charge in [0.15, 0.2) is 0 Å². The Morgan fingerprint density at radius 1 is 1.23 bits per heavy atom. The van der Waals surface area contributed by atoms with E-state index >= 15 is 0 Å². The molecule has 0 aliphatic heterocycles. The zero-order chi connectivity index (χ0) is 9.84. The lowest BCUT2D eigenvalue weighted by molar-refractivity contribution is 0.587. The highest BCUT2D eigenvalue weighted by molar-refractivity contribution is 6.35. The predicted octanol–water partition coefficient (Wildman–Crippen LogP) is 4.58. The van der Waals surface area contributed by atoms with E-state index in [-0.39, 0.29) is 0 Å². The summed E-state index contributed by atoms with van der Waals surface area (Å²) < 4.78 is 0. The van der Waals surface area contributed by atoms with E-state index in [1.165, 1.54) is 12.0 Å². The largest absolute Gasteiger partial charge is 0.0843 e. The second-order valence-corrected chi connectivity index (χ2v) is 4.51. The fraction of sp³-hybridized carbons (Fsp3) is 0.455. The van der Waals surface area contributed by atoms with Crippen LogP contribution in [0.1, 0.15) is 25.8 Å². The lowest BCUT2D eigenvalue weighted by Crippen LogP contribution is -1.92. The SMILES string of the molecule is CC(C)CCc1ccc(Cl)cc1Cl. The number of benzene rings is 1. The van der Waals surface area contributed by atoms with Crippen molar-refractivity contribution in [2.75, 3.05) is 0 Å². The maximum absolute atomic E-state index is 6.03. The van der Waals surface area contributed by atoms with Crippen molar-refractivity contribution in [3.63, 3.8) is 0 Å². The van der Waals surface area contributed by atoms with Crippen molar-refractivity contribution in [1.29, 1.82) is 0 Å². The van der Waals surface area contributed by atoms with Crippen LogP contribution in [0, 0.1) is 5.92 Å². The van der Waals surface area contributed by atoms with E-state index in [1.54, 1.807) is 6.07 Å². The topological polar surface area (TPSA) is 0 Å². The van der Waals surface area contributed by atoms with Crippen molar-refractivity contribution in [3.8, 4) is 0 Å². The zero-order valence-electron chi connectivity index (χ0n) is 7.98. The van der Waals surface area contributed by atoms with Crippen LogP contribution in [0.15, 0.2) is 18.2 Å². The molecule has 0 heterocycles. The average Bonchev–Trinajstić information content (AvgIpc) is 2.02. The van der Waals surface area contributed by atoms with E-state index in [4.69, 9.17) is 23.2 Å². The summed E-state index contributed by atoms with van der Waals surface area (Å²) in [6.45, 7) is 4.42. The average molecular weight is 217 g/mol. The molecule has 0 aromatic heterocycles. The molecule has 1 aromatic rings. The molecule has 0 aliphatic rings. The fourth-order valence-corrected chi connectivity index (χ4v) is 1.67. The first-order valence-corrected chi connectivity index (χ1v) is 5.29. The van der Waals surface area contributed by atoms with Crippen molar-refractivity contribution in [3.05, 3.63) is 33.8 Å². The van der Waals surface area contributed by atoms with Crippen molar-refractivity contribution in [1.82, 2.24) is 0 Å². The van der Waals surface area contributed by atoms with E-state index < -0.39 is 0 Å². The van der Waals surface area contributed by atoms with Gasteiger partial charge in [0, 0.05) is 10.0 Å². The molecule has 2 heteroatoms. The molecule has 0 atom stereocenters. The van der Waals surface area contributed by atoms with Gasteiger partial charge in [-0.2, -0.15) is 0 Å². The van der Waals surface area contributed by atoms with Crippen LogP contribution in [0.2, 0.25) is 10.0 Å². The Hall–Kier alpha value is -0.200. The predicted molar refractivity (Wildman–Crippen MR) is 59.6 cm³/mol. The quantitative estimate of drug-likeness (QED) is 0.694. The third-order valence-electron chi connectivity index (χ3n) is 2.01. The van der Waals surface area contributed by atoms with Crippen LogP contribution < -0.4 is 0 Å². The summed E-state index contributed by atoms with van der Waals surface area (Å²) in [7, 11) is 0. The number of halogens is 2. The molecule has 0 spiro atoms. The second-order valence-electron chi connectivity index (χ2n) is 3.67. The third-order valence-corrected chi connectivity index (χ3v) is 2.59. The van der Waals surface area contributed by atoms with Gasteiger partial charge >= 0.3 is 0 Å². The van der Waals surface area contributed by atoms with Gasteiger partial charge in [-0.3, -0.25) is 0 Å². The molecule has 72 valence electrons. The molecule has 0 aliphatic carbocycles. The van der Waals surface area contributed by atoms with Gasteiger partial charge in [0.05, 0.1) is 0 Å². The number of hydrogen-bond donors (Lipinski definition) is 0. The number of rotatable bonds is 3. The van der Waals surface area contributed by atoms with E-state index in [0.717, 1.165) is 11.4 Å². The minimum absolute atomic E-state index is 0.707. The van der Waals surface area contributed by atoms with Gasteiger partial charge < -0.3 is 0 Å². The smallest absolute Gasteiger partial charge is 0.0452 e. The number of hydrogen-bond acceptors (Lipinski definition) is 0. The molecular formula is C11H14Cl2. The summed E-state index contributed by atoms with van der Waals surface area (Å²) in [4.78, 5) is 0. The summed E-state index contributed by atoms with van der Waals surface area (Å²) in [5.41, 5.74) is 1.19. The lowest BCUT2D eigenvalue weighted by Gasteiger charge is -2.06. The van der Waals surface area contributed by atoms with E-state index in [2.05, 4.69) is 13.8 Å². The molecule has 0 bridgehead atoms. The van der Waals surface area contributed by atoms with Gasteiger partial charge in [-0.1, -0.05) is 43.1 Å². The Balaban J connectivity index is 2.67. The Kier molecular flexibility index (Phi) is 4.08. The first kappa shape index (κ1) is 10.9. The Bertz CT molecular complexity index is 279. The minimum atomic E-state index is 0.707. The molecule has 0 fully saturated rings. The zero-order valence-corrected chi connectivity index (χ0v) is 9.49. The van der Waals surface area contributed by atoms with Gasteiger partial charge in [-0.15, -0.1) is 0 Å². The first-order chi connectivity index (χ1) is 6.09. The summed E-state index contributed by atoms with van der Waals surface area (Å²) in [6.07, 6.45) is 2.20. The summed E-state index contributed by atoms with van der Waals surface area (Å²) >= 11 is 11.8. The molecule has 1 aromatic carbocycles. The van der Waals surface area contributed by atoms with Crippen LogP contribution >= 0.6 is 23.2 Å². The highest BCUT2D eigenvalue weighted by Gasteiger charge is 2.02. The Morgan fingerprint density at radius 3 is 2.46 bits per heavy atom. The van der Waals surface area contributed by atoms with Crippen LogP contribution in [-0.2, 0) is 6.42 Å². The van der Waals surface area contributed by atoms with Gasteiger partial charge in [-0.05, 0) is 36.5 Å². The normalized spacial score (nSPS) is 10.8. The maximum Gasteiger partial charge on any atom is 0.0452 e. The van der Waals surface area contributed by atoms with Crippen molar-refractivity contribution >= 4 is 23.2 Å². The van der Waals surface area contributed by atoms with Crippen molar-refractivity contribution in [2.24, 2.45) is 5.92 Å². The molecule has 0 unspecified atom stereocenters. The van der Waals surface area contributed by atoms with Gasteiger partial charge in [0.2, 0.25) is 0 Å². The van der Waals surface area contributed by atoms with E-state index in [1.807, 2.05) is 12.1 Å². The first-order valence-electron chi connectivity index (χ1n) is 4.53. The van der Waals surface area contributed by atoms with Crippen LogP contribution in [0.25, 0.3) is 0 Å². The molecule has 0 saturated carbocycles. The monoisotopic (exact) mass is 216 g/mol. The van der Waals surface area contributed by atoms with E-state index in [0.29, 0.717) is 10.9 Å². The molecule has 0 radical (unpaired) electrons. The number of aryl methyl sites for hydroxylation is 1. The van der Waals surface area contributed by atoms with Crippen molar-refractivity contribution < 1.29 is 0 Å². The Morgan fingerprint density at radius 2 is 1.92 bits per heavy atom. The standard InChI is InChI=1S/C11H14Cl2/c1-8(2)3-4-9-5-6-10(12)7-11(9)13/h5-8H,3-4H2,1-2H3. The van der Waals surface area contributed by atoms with E-state index in [9.17, 15) is 0 Å². The lowest BCUT2D eigenvalue weighted by atomic mass is 10.0. The van der Waals surface area contributed by atoms with Gasteiger partial charge in [0.25, 0.3) is 0 Å². The maximum atomic E-state index is 6.03. The minimum Gasteiger partial charge on any atom is -0.0843 e.